The van der Waals surface area contributed by atoms with Gasteiger partial charge in [-0.1, -0.05) is 23.9 Å². The van der Waals surface area contributed by atoms with Gasteiger partial charge in [0, 0.05) is 29.9 Å². The Labute approximate surface area is 190 Å². The minimum Gasteiger partial charge on any atom is -0.379 e. The number of pyridine rings is 1. The van der Waals surface area contributed by atoms with Crippen molar-refractivity contribution in [3.63, 3.8) is 0 Å². The van der Waals surface area contributed by atoms with E-state index >= 15 is 0 Å². The average molecular weight is 468 g/mol. The molecule has 5 rings (SSSR count). The van der Waals surface area contributed by atoms with Crippen LogP contribution in [0.4, 0.5) is 11.5 Å². The van der Waals surface area contributed by atoms with Crippen LogP contribution >= 0.6 is 11.8 Å². The molecular weight excluding hydrogens is 446 g/mol. The lowest BCUT2D eigenvalue weighted by molar-refractivity contribution is 0.0730. The smallest absolute Gasteiger partial charge is 0.244 e. The molecule has 0 amide bonds. The third-order valence-electron chi connectivity index (χ3n) is 5.05. The second-order valence-electron chi connectivity index (χ2n) is 7.21. The van der Waals surface area contributed by atoms with E-state index in [0.29, 0.717) is 32.1 Å². The van der Waals surface area contributed by atoms with Crippen LogP contribution in [0.2, 0.25) is 0 Å². The molecule has 3 heterocycles. The van der Waals surface area contributed by atoms with Crippen LogP contribution in [-0.2, 0) is 14.8 Å². The first kappa shape index (κ1) is 21.0. The van der Waals surface area contributed by atoms with Crippen molar-refractivity contribution < 1.29 is 13.2 Å². The van der Waals surface area contributed by atoms with Gasteiger partial charge in [0.25, 0.3) is 0 Å². The molecular formula is C22H21N5O3S2. The van der Waals surface area contributed by atoms with Gasteiger partial charge in [0.15, 0.2) is 5.16 Å². The number of rotatable bonds is 6. The van der Waals surface area contributed by atoms with Crippen LogP contribution < -0.4 is 5.32 Å². The van der Waals surface area contributed by atoms with E-state index < -0.39 is 10.0 Å². The zero-order valence-corrected chi connectivity index (χ0v) is 18.7. The lowest BCUT2D eigenvalue weighted by Crippen LogP contribution is -2.40. The van der Waals surface area contributed by atoms with E-state index in [1.54, 1.807) is 23.9 Å². The molecule has 32 heavy (non-hydrogen) atoms. The molecule has 0 spiro atoms. The molecule has 10 heteroatoms. The number of benzene rings is 2. The number of ether oxygens (including phenoxy) is 1. The predicted molar refractivity (Wildman–Crippen MR) is 124 cm³/mol. The van der Waals surface area contributed by atoms with E-state index in [9.17, 15) is 8.42 Å². The van der Waals surface area contributed by atoms with Gasteiger partial charge < -0.3 is 15.0 Å². The molecule has 0 atom stereocenters. The molecule has 164 valence electrons. The molecule has 0 aliphatic carbocycles. The summed E-state index contributed by atoms with van der Waals surface area (Å²) in [5.41, 5.74) is 2.81. The second-order valence-corrected chi connectivity index (χ2v) is 10.2. The van der Waals surface area contributed by atoms with Crippen molar-refractivity contribution in [2.24, 2.45) is 0 Å². The van der Waals surface area contributed by atoms with Crippen molar-refractivity contribution in [3.8, 4) is 0 Å². The third kappa shape index (κ3) is 4.49. The number of H-pyrrole nitrogens is 1. The van der Waals surface area contributed by atoms with Crippen LogP contribution in [-0.4, -0.2) is 54.0 Å². The van der Waals surface area contributed by atoms with Crippen molar-refractivity contribution in [1.29, 1.82) is 0 Å². The highest BCUT2D eigenvalue weighted by Gasteiger charge is 2.26. The number of aromatic nitrogens is 3. The number of sulfonamides is 1. The fourth-order valence-corrected chi connectivity index (χ4v) is 5.54. The van der Waals surface area contributed by atoms with Gasteiger partial charge in [-0.3, -0.25) is 0 Å². The number of nitrogens with zero attached hydrogens (tertiary/aromatic N) is 3. The van der Waals surface area contributed by atoms with Crippen LogP contribution in [0.15, 0.2) is 81.8 Å². The number of imidazole rings is 1. The average Bonchev–Trinajstić information content (AvgIpc) is 3.24. The number of aromatic amines is 1. The van der Waals surface area contributed by atoms with Gasteiger partial charge in [-0.15, -0.1) is 0 Å². The maximum Gasteiger partial charge on any atom is 0.244 e. The Kier molecular flexibility index (Phi) is 5.83. The quantitative estimate of drug-likeness (QED) is 0.444. The number of nitrogens with one attached hydrogen (secondary N) is 2. The van der Waals surface area contributed by atoms with Gasteiger partial charge in [-0.05, 0) is 48.5 Å². The molecule has 1 fully saturated rings. The van der Waals surface area contributed by atoms with Gasteiger partial charge in [0.05, 0.1) is 24.2 Å². The summed E-state index contributed by atoms with van der Waals surface area (Å²) in [5.74, 6) is 0.573. The van der Waals surface area contributed by atoms with Crippen LogP contribution in [0.1, 0.15) is 0 Å². The number of anilines is 2. The Bertz CT molecular complexity index is 1280. The normalized spacial score (nSPS) is 15.1. The first-order chi connectivity index (χ1) is 15.6. The minimum absolute atomic E-state index is 0.183. The molecule has 0 unspecified atom stereocenters. The number of morpholine rings is 1. The summed E-state index contributed by atoms with van der Waals surface area (Å²) in [6, 6.07) is 19.1. The number of fused-ring (bicyclic) bond motifs is 1. The van der Waals surface area contributed by atoms with Crippen LogP contribution in [0.5, 0.6) is 0 Å². The van der Waals surface area contributed by atoms with Crippen molar-refractivity contribution in [2.45, 2.75) is 14.9 Å². The van der Waals surface area contributed by atoms with E-state index in [-0.39, 0.29) is 4.90 Å². The summed E-state index contributed by atoms with van der Waals surface area (Å²) in [7, 11) is -3.55. The molecule has 1 aliphatic rings. The molecule has 1 aliphatic heterocycles. The second kappa shape index (κ2) is 8.91. The summed E-state index contributed by atoms with van der Waals surface area (Å²) in [4.78, 5) is 13.4. The van der Waals surface area contributed by atoms with Crippen molar-refractivity contribution in [3.05, 3.63) is 66.9 Å². The van der Waals surface area contributed by atoms with E-state index in [1.807, 2.05) is 48.5 Å². The minimum atomic E-state index is -3.55. The maximum absolute atomic E-state index is 12.7. The van der Waals surface area contributed by atoms with Crippen molar-refractivity contribution >= 4 is 44.3 Å². The molecule has 2 N–H and O–H groups in total. The summed E-state index contributed by atoms with van der Waals surface area (Å²) in [5, 5.41) is 4.04. The highest BCUT2D eigenvalue weighted by Crippen LogP contribution is 2.29. The van der Waals surface area contributed by atoms with Crippen LogP contribution in [0.25, 0.3) is 11.0 Å². The molecule has 4 aromatic rings. The molecule has 0 bridgehead atoms. The molecule has 0 saturated carbocycles. The van der Waals surface area contributed by atoms with E-state index in [0.717, 1.165) is 26.8 Å². The lowest BCUT2D eigenvalue weighted by Gasteiger charge is -2.25. The topological polar surface area (TPSA) is 100 Å². The van der Waals surface area contributed by atoms with Gasteiger partial charge in [-0.25, -0.2) is 18.4 Å². The van der Waals surface area contributed by atoms with Gasteiger partial charge in [-0.2, -0.15) is 4.31 Å². The standard InChI is InChI=1S/C22H21N5O3S2/c28-32(29,27-11-13-30-14-12-27)18-9-10-21(23-15-18)24-16-5-7-17(8-6-16)31-22-25-19-3-1-2-4-20(19)26-22/h1-10,15H,11-14H2,(H,23,24)(H,25,26). The zero-order chi connectivity index (χ0) is 22.0. The lowest BCUT2D eigenvalue weighted by atomic mass is 10.3. The first-order valence-electron chi connectivity index (χ1n) is 10.1. The van der Waals surface area contributed by atoms with Crippen LogP contribution in [0.3, 0.4) is 0 Å². The molecule has 2 aromatic carbocycles. The van der Waals surface area contributed by atoms with Crippen molar-refractivity contribution in [1.82, 2.24) is 19.3 Å². The number of para-hydroxylation sites is 2. The zero-order valence-electron chi connectivity index (χ0n) is 17.1. The Morgan fingerprint density at radius 1 is 1.00 bits per heavy atom. The summed E-state index contributed by atoms with van der Waals surface area (Å²) < 4.78 is 32.1. The molecule has 0 radical (unpaired) electrons. The monoisotopic (exact) mass is 467 g/mol. The molecule has 8 nitrogen and oxygen atoms in total. The van der Waals surface area contributed by atoms with Gasteiger partial charge in [0.2, 0.25) is 10.0 Å². The fraction of sp³-hybridized carbons (Fsp3) is 0.182. The highest BCUT2D eigenvalue weighted by atomic mass is 32.2. The Morgan fingerprint density at radius 3 is 2.50 bits per heavy atom. The predicted octanol–water partition coefficient (Wildman–Crippen LogP) is 3.87. The third-order valence-corrected chi connectivity index (χ3v) is 7.83. The largest absolute Gasteiger partial charge is 0.379 e. The Morgan fingerprint density at radius 2 is 1.78 bits per heavy atom. The maximum atomic E-state index is 12.7. The van der Waals surface area contributed by atoms with Gasteiger partial charge >= 0.3 is 0 Å². The molecule has 1 saturated heterocycles. The summed E-state index contributed by atoms with van der Waals surface area (Å²) in [6.07, 6.45) is 1.39. The summed E-state index contributed by atoms with van der Waals surface area (Å²) >= 11 is 1.56. The number of hydrogen-bond acceptors (Lipinski definition) is 7. The Balaban J connectivity index is 1.24. The first-order valence-corrected chi connectivity index (χ1v) is 12.4. The van der Waals surface area contributed by atoms with Gasteiger partial charge in [0.1, 0.15) is 10.7 Å². The van der Waals surface area contributed by atoms with Crippen LogP contribution in [0, 0.1) is 0 Å². The number of hydrogen-bond donors (Lipinski definition) is 2. The Hall–Kier alpha value is -2.92. The highest BCUT2D eigenvalue weighted by molar-refractivity contribution is 7.99. The summed E-state index contributed by atoms with van der Waals surface area (Å²) in [6.45, 7) is 1.55. The van der Waals surface area contributed by atoms with E-state index in [1.165, 1.54) is 10.5 Å². The van der Waals surface area contributed by atoms with Crippen molar-refractivity contribution in [2.75, 3.05) is 31.6 Å². The van der Waals surface area contributed by atoms with E-state index in [2.05, 4.69) is 20.3 Å². The SMILES string of the molecule is O=S(=O)(c1ccc(Nc2ccc(Sc3nc4ccccc4[nH]3)cc2)nc1)N1CCOCC1. The fourth-order valence-electron chi connectivity index (χ4n) is 3.39. The molecule has 2 aromatic heterocycles. The van der Waals surface area contributed by atoms with E-state index in [4.69, 9.17) is 4.74 Å².